The minimum Gasteiger partial charge on any atom is -0.488 e. The van der Waals surface area contributed by atoms with Gasteiger partial charge in [0.1, 0.15) is 12.4 Å². The lowest BCUT2D eigenvalue weighted by Gasteiger charge is -2.07. The Morgan fingerprint density at radius 3 is 2.57 bits per heavy atom. The SMILES string of the molecule is Cc1cc(OCC(F)F)ccc1N.Cl. The maximum atomic E-state index is 11.8. The van der Waals surface area contributed by atoms with E-state index in [9.17, 15) is 8.78 Å². The highest BCUT2D eigenvalue weighted by Gasteiger charge is 2.03. The van der Waals surface area contributed by atoms with Crippen LogP contribution in [0.4, 0.5) is 14.5 Å². The number of benzene rings is 1. The summed E-state index contributed by atoms with van der Waals surface area (Å²) in [5.41, 5.74) is 7.00. The molecule has 0 spiro atoms. The molecule has 14 heavy (non-hydrogen) atoms. The molecule has 0 bridgehead atoms. The lowest BCUT2D eigenvalue weighted by molar-refractivity contribution is 0.0819. The van der Waals surface area contributed by atoms with Gasteiger partial charge in [-0.2, -0.15) is 0 Å². The molecule has 0 fully saturated rings. The van der Waals surface area contributed by atoms with Crippen LogP contribution in [0.3, 0.4) is 0 Å². The van der Waals surface area contributed by atoms with Crippen LogP contribution in [0.1, 0.15) is 5.56 Å². The van der Waals surface area contributed by atoms with Crippen LogP contribution in [0.5, 0.6) is 5.75 Å². The molecule has 0 heterocycles. The number of aryl methyl sites for hydroxylation is 1. The molecule has 0 saturated carbocycles. The van der Waals surface area contributed by atoms with Gasteiger partial charge in [-0.15, -0.1) is 12.4 Å². The van der Waals surface area contributed by atoms with Gasteiger partial charge in [0.05, 0.1) is 0 Å². The first-order valence-corrected chi connectivity index (χ1v) is 3.86. The smallest absolute Gasteiger partial charge is 0.272 e. The number of hydrogen-bond acceptors (Lipinski definition) is 2. The monoisotopic (exact) mass is 223 g/mol. The Morgan fingerprint density at radius 1 is 1.43 bits per heavy atom. The third-order valence-corrected chi connectivity index (χ3v) is 1.62. The number of ether oxygens (including phenoxy) is 1. The summed E-state index contributed by atoms with van der Waals surface area (Å²) in [7, 11) is 0. The third kappa shape index (κ3) is 3.79. The zero-order valence-electron chi connectivity index (χ0n) is 7.67. The summed E-state index contributed by atoms with van der Waals surface area (Å²) in [4.78, 5) is 0. The summed E-state index contributed by atoms with van der Waals surface area (Å²) >= 11 is 0. The predicted molar refractivity (Wildman–Crippen MR) is 54.3 cm³/mol. The predicted octanol–water partition coefficient (Wildman–Crippen LogP) is 2.64. The van der Waals surface area contributed by atoms with E-state index in [0.717, 1.165) is 5.56 Å². The second-order valence-corrected chi connectivity index (χ2v) is 2.72. The van der Waals surface area contributed by atoms with Crippen LogP contribution in [0.2, 0.25) is 0 Å². The minimum absolute atomic E-state index is 0. The fourth-order valence-electron chi connectivity index (χ4n) is 0.897. The molecule has 0 amide bonds. The summed E-state index contributed by atoms with van der Waals surface area (Å²) in [5.74, 6) is 0.423. The molecule has 1 aromatic rings. The maximum absolute atomic E-state index is 11.8. The van der Waals surface area contributed by atoms with Gasteiger partial charge in [0.25, 0.3) is 6.43 Å². The van der Waals surface area contributed by atoms with E-state index in [0.29, 0.717) is 11.4 Å². The summed E-state index contributed by atoms with van der Waals surface area (Å²) in [6.07, 6.45) is -2.45. The molecule has 0 radical (unpaired) electrons. The van der Waals surface area contributed by atoms with Crippen molar-refractivity contribution in [1.82, 2.24) is 0 Å². The van der Waals surface area contributed by atoms with Crippen LogP contribution < -0.4 is 10.5 Å². The van der Waals surface area contributed by atoms with Gasteiger partial charge in [-0.3, -0.25) is 0 Å². The zero-order valence-corrected chi connectivity index (χ0v) is 8.48. The molecular formula is C9H12ClF2NO. The highest BCUT2D eigenvalue weighted by atomic mass is 35.5. The van der Waals surface area contributed by atoms with Crippen LogP contribution in [0, 0.1) is 6.92 Å². The van der Waals surface area contributed by atoms with Crippen LogP contribution >= 0.6 is 12.4 Å². The Labute approximate surface area is 87.5 Å². The molecule has 0 atom stereocenters. The molecule has 0 aliphatic rings. The van der Waals surface area contributed by atoms with Crippen molar-refractivity contribution >= 4 is 18.1 Å². The maximum Gasteiger partial charge on any atom is 0.272 e. The number of alkyl halides is 2. The minimum atomic E-state index is -2.45. The number of anilines is 1. The summed E-state index contributed by atoms with van der Waals surface area (Å²) in [6.45, 7) is 1.22. The largest absolute Gasteiger partial charge is 0.488 e. The highest BCUT2D eigenvalue weighted by molar-refractivity contribution is 5.85. The first-order valence-electron chi connectivity index (χ1n) is 3.86. The Balaban J connectivity index is 0.00000169. The van der Waals surface area contributed by atoms with E-state index in [1.165, 1.54) is 0 Å². The van der Waals surface area contributed by atoms with Gasteiger partial charge in [0, 0.05) is 5.69 Å². The van der Waals surface area contributed by atoms with E-state index in [1.54, 1.807) is 25.1 Å². The van der Waals surface area contributed by atoms with Crippen molar-refractivity contribution in [3.05, 3.63) is 23.8 Å². The average molecular weight is 224 g/mol. The van der Waals surface area contributed by atoms with E-state index in [2.05, 4.69) is 0 Å². The van der Waals surface area contributed by atoms with Crippen molar-refractivity contribution < 1.29 is 13.5 Å². The van der Waals surface area contributed by atoms with Crippen molar-refractivity contribution in [3.8, 4) is 5.75 Å². The number of hydrogen-bond donors (Lipinski definition) is 1. The molecule has 5 heteroatoms. The van der Waals surface area contributed by atoms with E-state index in [4.69, 9.17) is 10.5 Å². The number of nitrogen functional groups attached to an aromatic ring is 1. The topological polar surface area (TPSA) is 35.2 Å². The van der Waals surface area contributed by atoms with Gasteiger partial charge < -0.3 is 10.5 Å². The second-order valence-electron chi connectivity index (χ2n) is 2.72. The Morgan fingerprint density at radius 2 is 2.07 bits per heavy atom. The molecule has 2 nitrogen and oxygen atoms in total. The van der Waals surface area contributed by atoms with Crippen molar-refractivity contribution in [2.75, 3.05) is 12.3 Å². The Bertz CT molecular complexity index is 294. The van der Waals surface area contributed by atoms with Gasteiger partial charge in [-0.1, -0.05) is 0 Å². The third-order valence-electron chi connectivity index (χ3n) is 1.62. The van der Waals surface area contributed by atoms with Gasteiger partial charge in [-0.25, -0.2) is 8.78 Å². The molecule has 0 unspecified atom stereocenters. The molecule has 1 rings (SSSR count). The van der Waals surface area contributed by atoms with Gasteiger partial charge in [-0.05, 0) is 30.7 Å². The molecule has 2 N–H and O–H groups in total. The molecule has 0 saturated heterocycles. The van der Waals surface area contributed by atoms with Crippen LogP contribution in [0.15, 0.2) is 18.2 Å². The van der Waals surface area contributed by atoms with E-state index >= 15 is 0 Å². The van der Waals surface area contributed by atoms with Crippen molar-refractivity contribution in [2.45, 2.75) is 13.3 Å². The van der Waals surface area contributed by atoms with Crippen molar-refractivity contribution in [2.24, 2.45) is 0 Å². The molecule has 80 valence electrons. The summed E-state index contributed by atoms with van der Waals surface area (Å²) in [6, 6.07) is 4.85. The first-order chi connectivity index (χ1) is 6.09. The van der Waals surface area contributed by atoms with Gasteiger partial charge >= 0.3 is 0 Å². The van der Waals surface area contributed by atoms with Crippen molar-refractivity contribution in [3.63, 3.8) is 0 Å². The molecule has 0 aromatic heterocycles. The molecule has 0 aliphatic heterocycles. The summed E-state index contributed by atoms with van der Waals surface area (Å²) < 4.78 is 28.3. The summed E-state index contributed by atoms with van der Waals surface area (Å²) in [5, 5.41) is 0. The van der Waals surface area contributed by atoms with Crippen LogP contribution in [-0.2, 0) is 0 Å². The van der Waals surface area contributed by atoms with E-state index in [-0.39, 0.29) is 12.4 Å². The Hall–Kier alpha value is -1.03. The van der Waals surface area contributed by atoms with Gasteiger partial charge in [0.2, 0.25) is 0 Å². The quantitative estimate of drug-likeness (QED) is 0.800. The van der Waals surface area contributed by atoms with Crippen LogP contribution in [-0.4, -0.2) is 13.0 Å². The van der Waals surface area contributed by atoms with Crippen molar-refractivity contribution in [1.29, 1.82) is 0 Å². The Kier molecular flexibility index (Phi) is 5.23. The standard InChI is InChI=1S/C9H11F2NO.ClH/c1-6-4-7(2-3-8(6)12)13-5-9(10)11;/h2-4,9H,5,12H2,1H3;1H. The first kappa shape index (κ1) is 13.0. The zero-order chi connectivity index (χ0) is 9.84. The molecule has 0 aliphatic carbocycles. The number of halogens is 3. The lowest BCUT2D eigenvalue weighted by atomic mass is 10.2. The number of rotatable bonds is 3. The molecule has 1 aromatic carbocycles. The van der Waals surface area contributed by atoms with Crippen LogP contribution in [0.25, 0.3) is 0 Å². The normalized spacial score (nSPS) is 9.71. The lowest BCUT2D eigenvalue weighted by Crippen LogP contribution is -2.07. The van der Waals surface area contributed by atoms with E-state index in [1.807, 2.05) is 0 Å². The average Bonchev–Trinajstić information content (AvgIpc) is 2.07. The number of nitrogens with two attached hydrogens (primary N) is 1. The van der Waals surface area contributed by atoms with Gasteiger partial charge in [0.15, 0.2) is 0 Å². The van der Waals surface area contributed by atoms with E-state index < -0.39 is 13.0 Å². The fraction of sp³-hybridized carbons (Fsp3) is 0.333. The highest BCUT2D eigenvalue weighted by Crippen LogP contribution is 2.18. The second kappa shape index (κ2) is 5.65. The fourth-order valence-corrected chi connectivity index (χ4v) is 0.897. The molecular weight excluding hydrogens is 212 g/mol.